The average Bonchev–Trinajstić information content (AvgIpc) is 3.84. The molecule has 13 rings (SSSR count). The Morgan fingerprint density at radius 2 is 0.900 bits per heavy atom. The zero-order chi connectivity index (χ0) is 39.3. The van der Waals surface area contributed by atoms with Gasteiger partial charge in [0.25, 0.3) is 0 Å². The maximum Gasteiger partial charge on any atom is 0.164 e. The van der Waals surface area contributed by atoms with E-state index in [1.165, 1.54) is 80.7 Å². The summed E-state index contributed by atoms with van der Waals surface area (Å²) < 4.78 is 4.89. The monoisotopic (exact) mass is 780 g/mol. The smallest absolute Gasteiger partial charge is 0.164 e. The van der Waals surface area contributed by atoms with E-state index in [0.29, 0.717) is 17.5 Å². The Bertz CT molecular complexity index is 3640. The molecule has 60 heavy (non-hydrogen) atoms. The summed E-state index contributed by atoms with van der Waals surface area (Å²) in [5.74, 6) is 1.93. The molecule has 4 nitrogen and oxygen atoms in total. The third-order valence-electron chi connectivity index (χ3n) is 12.2. The molecule has 9 aromatic carbocycles. The van der Waals surface area contributed by atoms with Gasteiger partial charge in [0.15, 0.2) is 17.5 Å². The predicted octanol–water partition coefficient (Wildman–Crippen LogP) is 14.8. The van der Waals surface area contributed by atoms with Gasteiger partial charge in [-0.2, -0.15) is 0 Å². The number of benzene rings is 9. The number of hydrogen-bond donors (Lipinski definition) is 0. The predicted molar refractivity (Wildman–Crippen MR) is 251 cm³/mol. The van der Waals surface area contributed by atoms with E-state index >= 15 is 0 Å². The van der Waals surface area contributed by atoms with Crippen LogP contribution in [0.1, 0.15) is 0 Å². The van der Waals surface area contributed by atoms with Gasteiger partial charge in [-0.15, -0.1) is 11.3 Å². The molecular formula is C55H32N4S. The van der Waals surface area contributed by atoms with E-state index in [4.69, 9.17) is 15.0 Å². The number of thiophene rings is 1. The third-order valence-corrected chi connectivity index (χ3v) is 13.4. The van der Waals surface area contributed by atoms with Crippen LogP contribution in [0.25, 0.3) is 126 Å². The van der Waals surface area contributed by atoms with Crippen molar-refractivity contribution in [1.29, 1.82) is 0 Å². The zero-order valence-electron chi connectivity index (χ0n) is 32.2. The maximum atomic E-state index is 5.34. The van der Waals surface area contributed by atoms with E-state index in [0.717, 1.165) is 27.8 Å². The Hall–Kier alpha value is -7.73. The first-order valence-electron chi connectivity index (χ1n) is 20.3. The van der Waals surface area contributed by atoms with Crippen molar-refractivity contribution in [3.05, 3.63) is 194 Å². The van der Waals surface area contributed by atoms with Gasteiger partial charge < -0.3 is 4.57 Å². The second-order valence-electron chi connectivity index (χ2n) is 15.5. The Kier molecular flexibility index (Phi) is 7.14. The quantitative estimate of drug-likeness (QED) is 0.175. The summed E-state index contributed by atoms with van der Waals surface area (Å²) in [7, 11) is 0. The highest BCUT2D eigenvalue weighted by atomic mass is 32.1. The molecular weight excluding hydrogens is 749 g/mol. The van der Waals surface area contributed by atoms with E-state index in [1.54, 1.807) is 0 Å². The van der Waals surface area contributed by atoms with Crippen molar-refractivity contribution in [3.8, 4) is 73.2 Å². The molecule has 0 N–H and O–H groups in total. The van der Waals surface area contributed by atoms with Crippen molar-refractivity contribution in [2.75, 3.05) is 0 Å². The van der Waals surface area contributed by atoms with Crippen LogP contribution in [-0.2, 0) is 0 Å². The first kappa shape index (κ1) is 33.3. The van der Waals surface area contributed by atoms with Crippen molar-refractivity contribution < 1.29 is 0 Å². The van der Waals surface area contributed by atoms with E-state index in [-0.39, 0.29) is 0 Å². The molecule has 12 aromatic rings. The van der Waals surface area contributed by atoms with Crippen LogP contribution >= 0.6 is 11.3 Å². The normalized spacial score (nSPS) is 12.0. The van der Waals surface area contributed by atoms with Gasteiger partial charge in [-0.05, 0) is 68.4 Å². The van der Waals surface area contributed by atoms with E-state index < -0.39 is 0 Å². The SMILES string of the molecule is c1ccc(-c2nc(-c3ccccc3)nc(-c3cc(-n4c5cccc6c5c5c7c(cccc7ccc54)-c4ccccc4-6)cc4sc5c(-c6ccccc6)cccc5c34)n2)cc1. The van der Waals surface area contributed by atoms with E-state index in [2.05, 4.69) is 162 Å². The van der Waals surface area contributed by atoms with Crippen LogP contribution in [0.4, 0.5) is 0 Å². The van der Waals surface area contributed by atoms with Gasteiger partial charge >= 0.3 is 0 Å². The highest BCUT2D eigenvalue weighted by molar-refractivity contribution is 7.26. The van der Waals surface area contributed by atoms with E-state index in [1.807, 2.05) is 47.7 Å². The summed E-state index contributed by atoms with van der Waals surface area (Å²) in [4.78, 5) is 15.8. The van der Waals surface area contributed by atoms with Crippen LogP contribution in [0.15, 0.2) is 194 Å². The lowest BCUT2D eigenvalue weighted by molar-refractivity contribution is 1.07. The molecule has 3 aromatic heterocycles. The van der Waals surface area contributed by atoms with Crippen LogP contribution in [0, 0.1) is 0 Å². The van der Waals surface area contributed by atoms with Crippen LogP contribution in [0.5, 0.6) is 0 Å². The third kappa shape index (κ3) is 4.87. The summed E-state index contributed by atoms with van der Waals surface area (Å²) >= 11 is 1.84. The molecule has 0 bridgehead atoms. The van der Waals surface area contributed by atoms with Gasteiger partial charge in [-0.3, -0.25) is 0 Å². The van der Waals surface area contributed by atoms with Gasteiger partial charge in [-0.25, -0.2) is 15.0 Å². The highest BCUT2D eigenvalue weighted by Gasteiger charge is 2.26. The maximum absolute atomic E-state index is 5.34. The summed E-state index contributed by atoms with van der Waals surface area (Å²) in [6.45, 7) is 0. The molecule has 1 aliphatic carbocycles. The highest BCUT2D eigenvalue weighted by Crippen LogP contribution is 2.51. The number of nitrogens with zero attached hydrogens (tertiary/aromatic N) is 4. The number of aromatic nitrogens is 4. The summed E-state index contributed by atoms with van der Waals surface area (Å²) in [6, 6.07) is 69.6. The fourth-order valence-corrected chi connectivity index (χ4v) is 10.9. The largest absolute Gasteiger partial charge is 0.309 e. The zero-order valence-corrected chi connectivity index (χ0v) is 33.0. The van der Waals surface area contributed by atoms with Gasteiger partial charge in [0.05, 0.1) is 11.0 Å². The Morgan fingerprint density at radius 3 is 1.60 bits per heavy atom. The van der Waals surface area contributed by atoms with Crippen LogP contribution < -0.4 is 0 Å². The lowest BCUT2D eigenvalue weighted by atomic mass is 9.93. The molecule has 0 amide bonds. The van der Waals surface area contributed by atoms with Crippen LogP contribution in [0.3, 0.4) is 0 Å². The van der Waals surface area contributed by atoms with Crippen molar-refractivity contribution in [3.63, 3.8) is 0 Å². The first-order chi connectivity index (χ1) is 29.8. The Morgan fingerprint density at radius 1 is 0.350 bits per heavy atom. The van der Waals surface area contributed by atoms with Crippen LogP contribution in [-0.4, -0.2) is 19.5 Å². The molecule has 0 atom stereocenters. The number of fused-ring (bicyclic) bond motifs is 6. The fraction of sp³-hybridized carbons (Fsp3) is 0. The van der Waals surface area contributed by atoms with Crippen molar-refractivity contribution in [1.82, 2.24) is 19.5 Å². The number of hydrogen-bond acceptors (Lipinski definition) is 4. The van der Waals surface area contributed by atoms with Crippen molar-refractivity contribution >= 4 is 64.1 Å². The summed E-state index contributed by atoms with van der Waals surface area (Å²) in [5, 5.41) is 7.43. The second kappa shape index (κ2) is 12.9. The second-order valence-corrected chi connectivity index (χ2v) is 16.6. The lowest BCUT2D eigenvalue weighted by Gasteiger charge is -2.15. The molecule has 0 saturated carbocycles. The van der Waals surface area contributed by atoms with Crippen LogP contribution in [0.2, 0.25) is 0 Å². The molecule has 0 radical (unpaired) electrons. The van der Waals surface area contributed by atoms with E-state index in [9.17, 15) is 0 Å². The first-order valence-corrected chi connectivity index (χ1v) is 21.1. The van der Waals surface area contributed by atoms with Gasteiger partial charge in [0.2, 0.25) is 0 Å². The van der Waals surface area contributed by atoms with Gasteiger partial charge in [-0.1, -0.05) is 170 Å². The fourth-order valence-electron chi connectivity index (χ4n) is 9.60. The molecule has 278 valence electrons. The summed E-state index contributed by atoms with van der Waals surface area (Å²) in [6.07, 6.45) is 0. The molecule has 0 fully saturated rings. The Balaban J connectivity index is 1.17. The molecule has 0 unspecified atom stereocenters. The summed E-state index contributed by atoms with van der Waals surface area (Å²) in [5.41, 5.74) is 13.7. The Labute approximate surface area is 349 Å². The average molecular weight is 781 g/mol. The minimum atomic E-state index is 0.642. The lowest BCUT2D eigenvalue weighted by Crippen LogP contribution is -2.01. The van der Waals surface area contributed by atoms with Crippen molar-refractivity contribution in [2.24, 2.45) is 0 Å². The minimum Gasteiger partial charge on any atom is -0.309 e. The minimum absolute atomic E-state index is 0.642. The van der Waals surface area contributed by atoms with Gasteiger partial charge in [0.1, 0.15) is 0 Å². The molecule has 3 heterocycles. The molecule has 1 aliphatic rings. The topological polar surface area (TPSA) is 43.6 Å². The van der Waals surface area contributed by atoms with Crippen molar-refractivity contribution in [2.45, 2.75) is 0 Å². The molecule has 5 heteroatoms. The molecule has 0 saturated heterocycles. The molecule has 0 aliphatic heterocycles. The number of rotatable bonds is 5. The van der Waals surface area contributed by atoms with Gasteiger partial charge in [0, 0.05) is 53.3 Å². The molecule has 0 spiro atoms. The standard InChI is InChI=1S/C55H32N4S/c1-4-15-33(16-5-1)38-24-13-27-43-49-44(55-57-53(35-17-6-2-7-18-35)56-54(58-55)36-19-8-3-9-20-36)31-37(32-47(49)60-52(38)43)59-45-28-14-26-42-40-23-11-10-22-39(40)41-25-12-21-34-29-30-46(59)51(48(34)41)50(42)45/h1-32H.